The Bertz CT molecular complexity index is 999. The van der Waals surface area contributed by atoms with Crippen LogP contribution in [0.1, 0.15) is 89.5 Å². The molecule has 0 amide bonds. The summed E-state index contributed by atoms with van der Waals surface area (Å²) in [7, 11) is 0. The third-order valence-electron chi connectivity index (χ3n) is 8.41. The molecule has 1 nitrogen and oxygen atoms in total. The summed E-state index contributed by atoms with van der Waals surface area (Å²) in [5, 5.41) is 0. The Morgan fingerprint density at radius 1 is 0.829 bits per heavy atom. The maximum atomic E-state index is 15.0. The molecule has 2 fully saturated rings. The van der Waals surface area contributed by atoms with E-state index < -0.39 is 17.5 Å². The molecular weight excluding hydrogens is 445 g/mol. The van der Waals surface area contributed by atoms with Crippen LogP contribution in [0.25, 0.3) is 11.1 Å². The lowest BCUT2D eigenvalue weighted by atomic mass is 9.68. The van der Waals surface area contributed by atoms with Gasteiger partial charge in [-0.15, -0.1) is 0 Å². The van der Waals surface area contributed by atoms with Crippen molar-refractivity contribution in [2.45, 2.75) is 84.0 Å². The summed E-state index contributed by atoms with van der Waals surface area (Å²) in [4.78, 5) is 0. The average molecular weight is 485 g/mol. The first-order valence-corrected chi connectivity index (χ1v) is 13.5. The fourth-order valence-corrected chi connectivity index (χ4v) is 6.38. The van der Waals surface area contributed by atoms with Crippen molar-refractivity contribution in [2.75, 3.05) is 6.61 Å². The molecule has 2 saturated carbocycles. The van der Waals surface area contributed by atoms with Crippen molar-refractivity contribution < 1.29 is 17.9 Å². The zero-order chi connectivity index (χ0) is 24.8. The Labute approximate surface area is 208 Å². The zero-order valence-electron chi connectivity index (χ0n) is 21.2. The van der Waals surface area contributed by atoms with Gasteiger partial charge in [-0.05, 0) is 113 Å². The average Bonchev–Trinajstić information content (AvgIpc) is 2.88. The number of ether oxygens (including phenoxy) is 1. The van der Waals surface area contributed by atoms with Crippen molar-refractivity contribution in [2.24, 2.45) is 17.8 Å². The van der Waals surface area contributed by atoms with Crippen LogP contribution in [0.15, 0.2) is 42.5 Å². The summed E-state index contributed by atoms with van der Waals surface area (Å²) in [5.41, 5.74) is 0.998. The highest BCUT2D eigenvalue weighted by atomic mass is 19.2. The second-order valence-electron chi connectivity index (χ2n) is 10.5. The van der Waals surface area contributed by atoms with Crippen LogP contribution in [-0.2, 0) is 0 Å². The lowest BCUT2D eigenvalue weighted by Gasteiger charge is -2.38. The molecule has 0 unspecified atom stereocenters. The molecule has 4 heteroatoms. The Balaban J connectivity index is 1.34. The van der Waals surface area contributed by atoms with Crippen molar-refractivity contribution in [3.63, 3.8) is 0 Å². The van der Waals surface area contributed by atoms with Gasteiger partial charge in [-0.25, -0.2) is 8.78 Å². The predicted octanol–water partition coefficient (Wildman–Crippen LogP) is 9.61. The second kappa shape index (κ2) is 12.1. The van der Waals surface area contributed by atoms with Gasteiger partial charge in [0.25, 0.3) is 0 Å². The van der Waals surface area contributed by atoms with E-state index in [0.717, 1.165) is 36.2 Å². The molecule has 0 N–H and O–H groups in total. The van der Waals surface area contributed by atoms with E-state index in [1.807, 2.05) is 6.07 Å². The number of benzene rings is 2. The van der Waals surface area contributed by atoms with E-state index in [2.05, 4.69) is 19.1 Å². The van der Waals surface area contributed by atoms with Gasteiger partial charge in [0.2, 0.25) is 5.82 Å². The molecule has 0 aliphatic heterocycles. The van der Waals surface area contributed by atoms with Crippen molar-refractivity contribution in [3.05, 3.63) is 65.5 Å². The smallest absolute Gasteiger partial charge is 0.201 e. The van der Waals surface area contributed by atoms with E-state index in [1.54, 1.807) is 13.0 Å². The largest absolute Gasteiger partial charge is 0.491 e. The van der Waals surface area contributed by atoms with Crippen LogP contribution < -0.4 is 4.74 Å². The first-order valence-electron chi connectivity index (χ1n) is 13.5. The van der Waals surface area contributed by atoms with Crippen molar-refractivity contribution in [1.82, 2.24) is 0 Å². The van der Waals surface area contributed by atoms with E-state index in [9.17, 15) is 8.78 Å². The van der Waals surface area contributed by atoms with Crippen molar-refractivity contribution >= 4 is 0 Å². The molecule has 0 heterocycles. The molecule has 4 rings (SSSR count). The van der Waals surface area contributed by atoms with Gasteiger partial charge in [-0.1, -0.05) is 37.1 Å². The summed E-state index contributed by atoms with van der Waals surface area (Å²) in [6.45, 7) is 4.03. The SMILES string of the molecule is C/C=C/CCC1CCC(C2CCC(c3ccc(-c4ccc(OCC)c(F)c4F)c(F)c3)CC2)CC1. The normalized spacial score (nSPS) is 25.2. The highest BCUT2D eigenvalue weighted by Gasteiger charge is 2.31. The molecule has 2 aliphatic rings. The number of hydrogen-bond donors (Lipinski definition) is 0. The minimum absolute atomic E-state index is 0.0694. The van der Waals surface area contributed by atoms with Gasteiger partial charge in [-0.2, -0.15) is 4.39 Å². The van der Waals surface area contributed by atoms with Crippen LogP contribution in [0.2, 0.25) is 0 Å². The monoisotopic (exact) mass is 484 g/mol. The summed E-state index contributed by atoms with van der Waals surface area (Å²) in [6.07, 6.45) is 17.0. The molecular formula is C31H39F3O. The lowest BCUT2D eigenvalue weighted by molar-refractivity contribution is 0.157. The van der Waals surface area contributed by atoms with Crippen LogP contribution in [0.3, 0.4) is 0 Å². The van der Waals surface area contributed by atoms with Crippen LogP contribution in [-0.4, -0.2) is 6.61 Å². The van der Waals surface area contributed by atoms with Gasteiger partial charge in [0.05, 0.1) is 6.61 Å². The van der Waals surface area contributed by atoms with E-state index in [4.69, 9.17) is 4.74 Å². The molecule has 0 atom stereocenters. The quantitative estimate of drug-likeness (QED) is 0.339. The predicted molar refractivity (Wildman–Crippen MR) is 137 cm³/mol. The van der Waals surface area contributed by atoms with Gasteiger partial charge in [0.15, 0.2) is 11.6 Å². The first-order chi connectivity index (χ1) is 17.0. The molecule has 0 radical (unpaired) electrons. The second-order valence-corrected chi connectivity index (χ2v) is 10.5. The number of allylic oxidation sites excluding steroid dienone is 2. The molecule has 35 heavy (non-hydrogen) atoms. The van der Waals surface area contributed by atoms with Gasteiger partial charge < -0.3 is 4.74 Å². The number of hydrogen-bond acceptors (Lipinski definition) is 1. The Morgan fingerprint density at radius 2 is 1.49 bits per heavy atom. The molecule has 0 saturated heterocycles. The highest BCUT2D eigenvalue weighted by molar-refractivity contribution is 5.66. The van der Waals surface area contributed by atoms with Crippen LogP contribution in [0, 0.1) is 35.2 Å². The Kier molecular flexibility index (Phi) is 8.97. The molecule has 190 valence electrons. The van der Waals surface area contributed by atoms with Crippen LogP contribution in [0.5, 0.6) is 5.75 Å². The Morgan fingerprint density at radius 3 is 2.11 bits per heavy atom. The summed E-state index contributed by atoms with van der Waals surface area (Å²) in [6, 6.07) is 7.78. The van der Waals surface area contributed by atoms with Crippen LogP contribution >= 0.6 is 0 Å². The maximum absolute atomic E-state index is 15.0. The van der Waals surface area contributed by atoms with Crippen LogP contribution in [0.4, 0.5) is 13.2 Å². The molecule has 0 bridgehead atoms. The minimum Gasteiger partial charge on any atom is -0.491 e. The highest BCUT2D eigenvalue weighted by Crippen LogP contribution is 2.45. The zero-order valence-corrected chi connectivity index (χ0v) is 21.2. The van der Waals surface area contributed by atoms with Gasteiger partial charge in [0.1, 0.15) is 5.82 Å². The van der Waals surface area contributed by atoms with Gasteiger partial charge in [0, 0.05) is 11.1 Å². The summed E-state index contributed by atoms with van der Waals surface area (Å²) < 4.78 is 49.0. The first kappa shape index (κ1) is 25.9. The minimum atomic E-state index is -1.07. The Hall–Kier alpha value is -2.23. The third-order valence-corrected chi connectivity index (χ3v) is 8.41. The molecule has 2 aromatic rings. The van der Waals surface area contributed by atoms with Gasteiger partial charge in [-0.3, -0.25) is 0 Å². The number of rotatable bonds is 8. The molecule has 0 spiro atoms. The third kappa shape index (κ3) is 6.13. The molecule has 0 aromatic heterocycles. The lowest BCUT2D eigenvalue weighted by Crippen LogP contribution is -2.25. The standard InChI is InChI=1S/C31H39F3O/c1-3-5-6-7-21-8-10-22(11-9-21)23-12-14-24(15-13-23)25-16-17-26(28(32)20-25)27-18-19-29(35-4-2)31(34)30(27)33/h3,5,16-24H,4,6-15H2,1-2H3/b5-3+. The maximum Gasteiger partial charge on any atom is 0.201 e. The summed E-state index contributed by atoms with van der Waals surface area (Å²) >= 11 is 0. The topological polar surface area (TPSA) is 9.23 Å². The fourth-order valence-electron chi connectivity index (χ4n) is 6.38. The van der Waals surface area contributed by atoms with E-state index in [0.29, 0.717) is 5.92 Å². The van der Waals surface area contributed by atoms with Crippen molar-refractivity contribution in [3.8, 4) is 16.9 Å². The van der Waals surface area contributed by atoms with Gasteiger partial charge >= 0.3 is 0 Å². The van der Waals surface area contributed by atoms with Crippen molar-refractivity contribution in [1.29, 1.82) is 0 Å². The summed E-state index contributed by atoms with van der Waals surface area (Å²) in [5.74, 6) is 0.104. The van der Waals surface area contributed by atoms with E-state index in [1.165, 1.54) is 69.6 Å². The van der Waals surface area contributed by atoms with E-state index in [-0.39, 0.29) is 23.5 Å². The molecule has 2 aromatic carbocycles. The fraction of sp³-hybridized carbons (Fsp3) is 0.548. The number of halogens is 3. The van der Waals surface area contributed by atoms with E-state index >= 15 is 4.39 Å². The molecule has 2 aliphatic carbocycles.